The number of aliphatic carboxylic acids is 1. The minimum Gasteiger partial charge on any atom is -0.550 e. The Morgan fingerprint density at radius 1 is 1.30 bits per heavy atom. The molecule has 0 atom stereocenters. The highest BCUT2D eigenvalue weighted by molar-refractivity contribution is 5.87. The number of hydrogen-bond donors (Lipinski definition) is 1. The van der Waals surface area contributed by atoms with E-state index in [1.54, 1.807) is 18.2 Å². The number of carbonyl (C=O) groups excluding carboxylic acids is 2. The second-order valence-electron chi connectivity index (χ2n) is 4.96. The molecule has 7 nitrogen and oxygen atoms in total. The summed E-state index contributed by atoms with van der Waals surface area (Å²) in [5, 5.41) is 13.5. The predicted octanol–water partition coefficient (Wildman–Crippen LogP) is -0.00960. The lowest BCUT2D eigenvalue weighted by atomic mass is 10.1. The minimum atomic E-state index is -1.15. The summed E-state index contributed by atoms with van der Waals surface area (Å²) in [4.78, 5) is 33.8. The molecule has 122 valence electrons. The van der Waals surface area contributed by atoms with Crippen molar-refractivity contribution in [3.05, 3.63) is 40.2 Å². The van der Waals surface area contributed by atoms with Crippen LogP contribution < -0.4 is 20.8 Å². The third-order valence-corrected chi connectivity index (χ3v) is 3.27. The van der Waals surface area contributed by atoms with Gasteiger partial charge in [-0.15, -0.1) is 0 Å². The first-order valence-electron chi connectivity index (χ1n) is 7.07. The number of carbonyl (C=O) groups is 2. The normalized spacial score (nSPS) is 10.5. The number of methoxy groups -OCH3 is 1. The average molecular weight is 318 g/mol. The summed E-state index contributed by atoms with van der Waals surface area (Å²) in [6.07, 6.45) is 0.181. The molecule has 0 spiro atoms. The van der Waals surface area contributed by atoms with E-state index in [2.05, 4.69) is 5.32 Å². The molecule has 0 aliphatic carbocycles. The molecule has 0 saturated heterocycles. The number of carboxylic acid groups (broad SMARTS) is 1. The van der Waals surface area contributed by atoms with Crippen molar-refractivity contribution in [3.63, 3.8) is 0 Å². The number of rotatable bonds is 7. The Morgan fingerprint density at radius 3 is 2.78 bits per heavy atom. The van der Waals surface area contributed by atoms with Crippen molar-refractivity contribution >= 4 is 22.8 Å². The fourth-order valence-corrected chi connectivity index (χ4v) is 2.18. The zero-order valence-corrected chi connectivity index (χ0v) is 12.6. The van der Waals surface area contributed by atoms with E-state index in [1.165, 1.54) is 13.2 Å². The van der Waals surface area contributed by atoms with Crippen molar-refractivity contribution in [2.45, 2.75) is 19.3 Å². The van der Waals surface area contributed by atoms with Crippen molar-refractivity contribution in [3.8, 4) is 5.75 Å². The van der Waals surface area contributed by atoms with Crippen LogP contribution in [0.15, 0.2) is 33.5 Å². The van der Waals surface area contributed by atoms with Crippen LogP contribution in [-0.2, 0) is 16.0 Å². The van der Waals surface area contributed by atoms with E-state index in [0.717, 1.165) is 0 Å². The number of nitrogens with one attached hydrogen (secondary N) is 1. The summed E-state index contributed by atoms with van der Waals surface area (Å²) in [6.45, 7) is 0.236. The molecule has 2 rings (SSSR count). The van der Waals surface area contributed by atoms with Gasteiger partial charge >= 0.3 is 5.63 Å². The van der Waals surface area contributed by atoms with Crippen LogP contribution in [-0.4, -0.2) is 25.5 Å². The number of ether oxygens (including phenoxy) is 1. The van der Waals surface area contributed by atoms with E-state index in [4.69, 9.17) is 9.15 Å². The summed E-state index contributed by atoms with van der Waals surface area (Å²) >= 11 is 0. The summed E-state index contributed by atoms with van der Waals surface area (Å²) in [5.74, 6) is -0.907. The van der Waals surface area contributed by atoms with Gasteiger partial charge in [-0.25, -0.2) is 4.79 Å². The predicted molar refractivity (Wildman–Crippen MR) is 80.0 cm³/mol. The van der Waals surface area contributed by atoms with Crippen molar-refractivity contribution < 1.29 is 23.8 Å². The van der Waals surface area contributed by atoms with Gasteiger partial charge in [-0.2, -0.15) is 0 Å². The largest absolute Gasteiger partial charge is 0.550 e. The minimum absolute atomic E-state index is 0.000248. The van der Waals surface area contributed by atoms with E-state index in [0.29, 0.717) is 28.7 Å². The topological polar surface area (TPSA) is 109 Å². The van der Waals surface area contributed by atoms with E-state index in [9.17, 15) is 19.5 Å². The van der Waals surface area contributed by atoms with Crippen LogP contribution in [0.25, 0.3) is 11.0 Å². The van der Waals surface area contributed by atoms with Gasteiger partial charge in [0.2, 0.25) is 5.91 Å². The Morgan fingerprint density at radius 2 is 2.09 bits per heavy atom. The fourth-order valence-electron chi connectivity index (χ4n) is 2.18. The molecule has 0 fully saturated rings. The molecule has 0 bridgehead atoms. The van der Waals surface area contributed by atoms with Crippen LogP contribution >= 0.6 is 0 Å². The monoisotopic (exact) mass is 318 g/mol. The smallest absolute Gasteiger partial charge is 0.336 e. The number of carboxylic acids is 1. The Balaban J connectivity index is 2.11. The van der Waals surface area contributed by atoms with Crippen LogP contribution in [0.4, 0.5) is 0 Å². The zero-order valence-electron chi connectivity index (χ0n) is 12.6. The first kappa shape index (κ1) is 16.5. The molecule has 0 aliphatic heterocycles. The lowest BCUT2D eigenvalue weighted by Crippen LogP contribution is -2.28. The Labute approximate surface area is 131 Å². The molecule has 1 aromatic carbocycles. The maximum atomic E-state index is 11.9. The lowest BCUT2D eigenvalue weighted by molar-refractivity contribution is -0.305. The first-order chi connectivity index (χ1) is 11.0. The van der Waals surface area contributed by atoms with E-state index in [-0.39, 0.29) is 25.3 Å². The summed E-state index contributed by atoms with van der Waals surface area (Å²) in [7, 11) is 1.50. The Bertz CT molecular complexity index is 780. The van der Waals surface area contributed by atoms with Gasteiger partial charge < -0.3 is 24.4 Å². The average Bonchev–Trinajstić information content (AvgIpc) is 2.50. The van der Waals surface area contributed by atoms with E-state index in [1.807, 2.05) is 0 Å². The number of fused-ring (bicyclic) bond motifs is 1. The molecule has 0 unspecified atom stereocenters. The SMILES string of the molecule is COc1ccc2c(CC(=O)NCCCC(=O)[O-])cc(=O)oc2c1. The zero-order chi connectivity index (χ0) is 16.8. The number of amides is 1. The lowest BCUT2D eigenvalue weighted by Gasteiger charge is -2.08. The molecule has 1 N–H and O–H groups in total. The molecule has 2 aromatic rings. The van der Waals surface area contributed by atoms with Gasteiger partial charge in [0.05, 0.1) is 13.5 Å². The van der Waals surface area contributed by atoms with Crippen LogP contribution in [0.3, 0.4) is 0 Å². The highest BCUT2D eigenvalue weighted by Gasteiger charge is 2.10. The molecule has 1 aromatic heterocycles. The van der Waals surface area contributed by atoms with Gasteiger partial charge in [0, 0.05) is 30.0 Å². The number of hydrogen-bond acceptors (Lipinski definition) is 6. The third-order valence-electron chi connectivity index (χ3n) is 3.27. The van der Waals surface area contributed by atoms with Gasteiger partial charge in [-0.3, -0.25) is 4.79 Å². The molecule has 0 radical (unpaired) electrons. The van der Waals surface area contributed by atoms with Crippen molar-refractivity contribution in [1.82, 2.24) is 5.32 Å². The third kappa shape index (κ3) is 4.57. The van der Waals surface area contributed by atoms with Gasteiger partial charge in [-0.05, 0) is 30.5 Å². The molecular weight excluding hydrogens is 302 g/mol. The van der Waals surface area contributed by atoms with Crippen molar-refractivity contribution in [1.29, 1.82) is 0 Å². The second kappa shape index (κ2) is 7.44. The Kier molecular flexibility index (Phi) is 5.35. The highest BCUT2D eigenvalue weighted by Crippen LogP contribution is 2.22. The molecule has 0 aliphatic rings. The van der Waals surface area contributed by atoms with E-state index < -0.39 is 11.6 Å². The standard InChI is InChI=1S/C16H17NO6/c1-22-11-4-5-12-10(8-16(21)23-13(12)9-11)7-14(18)17-6-2-3-15(19)20/h4-5,8-9H,2-3,6-7H2,1H3,(H,17,18)(H,19,20)/p-1. The second-order valence-corrected chi connectivity index (χ2v) is 4.96. The molecule has 23 heavy (non-hydrogen) atoms. The summed E-state index contributed by atoms with van der Waals surface area (Å²) in [6, 6.07) is 6.28. The van der Waals surface area contributed by atoms with Crippen LogP contribution in [0, 0.1) is 0 Å². The van der Waals surface area contributed by atoms with Gasteiger partial charge in [0.1, 0.15) is 11.3 Å². The molecule has 7 heteroatoms. The van der Waals surface area contributed by atoms with E-state index >= 15 is 0 Å². The van der Waals surface area contributed by atoms with Crippen molar-refractivity contribution in [2.75, 3.05) is 13.7 Å². The summed E-state index contributed by atoms with van der Waals surface area (Å²) in [5.41, 5.74) is 0.332. The maximum Gasteiger partial charge on any atom is 0.336 e. The fraction of sp³-hybridized carbons (Fsp3) is 0.312. The summed E-state index contributed by atoms with van der Waals surface area (Å²) < 4.78 is 10.2. The van der Waals surface area contributed by atoms with Gasteiger partial charge in [0.15, 0.2) is 0 Å². The molecule has 0 saturated carbocycles. The highest BCUT2D eigenvalue weighted by atomic mass is 16.5. The van der Waals surface area contributed by atoms with Gasteiger partial charge in [-0.1, -0.05) is 0 Å². The molecular formula is C16H16NO6-. The molecule has 1 amide bonds. The van der Waals surface area contributed by atoms with Crippen LogP contribution in [0.2, 0.25) is 0 Å². The molecule has 1 heterocycles. The van der Waals surface area contributed by atoms with Crippen LogP contribution in [0.5, 0.6) is 5.75 Å². The maximum absolute atomic E-state index is 11.9. The van der Waals surface area contributed by atoms with Crippen LogP contribution in [0.1, 0.15) is 18.4 Å². The van der Waals surface area contributed by atoms with Crippen molar-refractivity contribution in [2.24, 2.45) is 0 Å². The first-order valence-corrected chi connectivity index (χ1v) is 7.07. The number of benzene rings is 1. The van der Waals surface area contributed by atoms with Gasteiger partial charge in [0.25, 0.3) is 0 Å². The quantitative estimate of drug-likeness (QED) is 0.568. The Hall–Kier alpha value is -2.83.